The molecule has 1 amide bonds. The van der Waals surface area contributed by atoms with E-state index in [1.54, 1.807) is 19.1 Å². The van der Waals surface area contributed by atoms with Crippen LogP contribution in [0.3, 0.4) is 0 Å². The van der Waals surface area contributed by atoms with Gasteiger partial charge in [-0.2, -0.15) is 0 Å². The number of carbonyl (C=O) groups is 2. The molecule has 0 aromatic carbocycles. The predicted molar refractivity (Wildman–Crippen MR) is 55.2 cm³/mol. The standard InChI is InChI=1S/C10H15NO4/c1-3-4-5-6-8(13)11-9(7(2)12)10(14)15/h3-7,9,12H,1-2H3,(H,11,13)(H,14,15)/b4-3+,6-5+. The largest absolute Gasteiger partial charge is 0.480 e. The van der Waals surface area contributed by atoms with Gasteiger partial charge in [0.2, 0.25) is 5.91 Å². The zero-order chi connectivity index (χ0) is 11.8. The van der Waals surface area contributed by atoms with Crippen molar-refractivity contribution in [1.29, 1.82) is 0 Å². The SMILES string of the molecule is C/C=C/C=C/C(=O)NC(C(=O)O)C(C)O. The third-order valence-corrected chi connectivity index (χ3v) is 1.60. The molecule has 0 heterocycles. The minimum atomic E-state index is -1.28. The van der Waals surface area contributed by atoms with Crippen molar-refractivity contribution >= 4 is 11.9 Å². The van der Waals surface area contributed by atoms with Gasteiger partial charge >= 0.3 is 5.97 Å². The third-order valence-electron chi connectivity index (χ3n) is 1.60. The highest BCUT2D eigenvalue weighted by Crippen LogP contribution is 1.93. The van der Waals surface area contributed by atoms with E-state index in [0.29, 0.717) is 0 Å². The molecular weight excluding hydrogens is 198 g/mol. The van der Waals surface area contributed by atoms with Gasteiger partial charge in [0.05, 0.1) is 6.10 Å². The number of nitrogens with one attached hydrogen (secondary N) is 1. The Morgan fingerprint density at radius 1 is 1.33 bits per heavy atom. The van der Waals surface area contributed by atoms with Gasteiger partial charge < -0.3 is 15.5 Å². The van der Waals surface area contributed by atoms with Crippen LogP contribution in [-0.2, 0) is 9.59 Å². The van der Waals surface area contributed by atoms with E-state index < -0.39 is 24.0 Å². The first-order valence-electron chi connectivity index (χ1n) is 4.49. The maximum Gasteiger partial charge on any atom is 0.328 e. The van der Waals surface area contributed by atoms with Gasteiger partial charge in [-0.3, -0.25) is 4.79 Å². The minimum Gasteiger partial charge on any atom is -0.480 e. The fraction of sp³-hybridized carbons (Fsp3) is 0.400. The third kappa shape index (κ3) is 5.64. The van der Waals surface area contributed by atoms with Crippen molar-refractivity contribution in [3.8, 4) is 0 Å². The number of carboxylic acid groups (broad SMARTS) is 1. The number of aliphatic hydroxyl groups is 1. The zero-order valence-corrected chi connectivity index (χ0v) is 8.68. The highest BCUT2D eigenvalue weighted by molar-refractivity contribution is 5.91. The lowest BCUT2D eigenvalue weighted by atomic mass is 10.2. The molecule has 0 aliphatic rings. The smallest absolute Gasteiger partial charge is 0.328 e. The average Bonchev–Trinajstić information content (AvgIpc) is 2.13. The molecule has 0 fully saturated rings. The summed E-state index contributed by atoms with van der Waals surface area (Å²) < 4.78 is 0. The second kappa shape index (κ2) is 6.78. The van der Waals surface area contributed by atoms with Crippen molar-refractivity contribution in [2.45, 2.75) is 26.0 Å². The molecule has 5 heteroatoms. The second-order valence-electron chi connectivity index (χ2n) is 2.95. The van der Waals surface area contributed by atoms with E-state index in [2.05, 4.69) is 5.32 Å². The maximum atomic E-state index is 11.1. The number of rotatable bonds is 5. The lowest BCUT2D eigenvalue weighted by Gasteiger charge is -2.15. The van der Waals surface area contributed by atoms with Crippen LogP contribution in [0.1, 0.15) is 13.8 Å². The van der Waals surface area contributed by atoms with Crippen LogP contribution in [0.4, 0.5) is 0 Å². The molecule has 2 atom stereocenters. The average molecular weight is 213 g/mol. The molecule has 2 unspecified atom stereocenters. The summed E-state index contributed by atoms with van der Waals surface area (Å²) in [5.41, 5.74) is 0. The Morgan fingerprint density at radius 3 is 2.33 bits per heavy atom. The molecule has 0 saturated heterocycles. The molecule has 0 aliphatic carbocycles. The van der Waals surface area contributed by atoms with Crippen LogP contribution in [0.15, 0.2) is 24.3 Å². The van der Waals surface area contributed by atoms with Gasteiger partial charge in [-0.1, -0.05) is 18.2 Å². The highest BCUT2D eigenvalue weighted by Gasteiger charge is 2.23. The van der Waals surface area contributed by atoms with Gasteiger partial charge in [0.25, 0.3) is 0 Å². The monoisotopic (exact) mass is 213 g/mol. The number of aliphatic carboxylic acids is 1. The molecule has 0 aromatic rings. The van der Waals surface area contributed by atoms with E-state index in [1.165, 1.54) is 19.1 Å². The van der Waals surface area contributed by atoms with Gasteiger partial charge in [0.1, 0.15) is 0 Å². The lowest BCUT2D eigenvalue weighted by molar-refractivity contribution is -0.144. The summed E-state index contributed by atoms with van der Waals surface area (Å²) in [4.78, 5) is 21.7. The number of allylic oxidation sites excluding steroid dienone is 3. The predicted octanol–water partition coefficient (Wildman–Crippen LogP) is 0.0689. The summed E-state index contributed by atoms with van der Waals surface area (Å²) in [5, 5.41) is 19.9. The van der Waals surface area contributed by atoms with Crippen LogP contribution in [0, 0.1) is 0 Å². The molecule has 0 aromatic heterocycles. The van der Waals surface area contributed by atoms with Gasteiger partial charge in [-0.15, -0.1) is 0 Å². The van der Waals surface area contributed by atoms with Crippen molar-refractivity contribution in [2.24, 2.45) is 0 Å². The zero-order valence-electron chi connectivity index (χ0n) is 8.68. The quantitative estimate of drug-likeness (QED) is 0.445. The van der Waals surface area contributed by atoms with E-state index in [9.17, 15) is 9.59 Å². The molecule has 0 saturated carbocycles. The van der Waals surface area contributed by atoms with E-state index in [1.807, 2.05) is 0 Å². The molecule has 0 rings (SSSR count). The van der Waals surface area contributed by atoms with Crippen molar-refractivity contribution in [1.82, 2.24) is 5.32 Å². The summed E-state index contributed by atoms with van der Waals surface area (Å²) in [6.45, 7) is 3.09. The summed E-state index contributed by atoms with van der Waals surface area (Å²) in [6.07, 6.45) is 4.90. The second-order valence-corrected chi connectivity index (χ2v) is 2.95. The summed E-state index contributed by atoms with van der Waals surface area (Å²) >= 11 is 0. The molecule has 84 valence electrons. The van der Waals surface area contributed by atoms with Crippen LogP contribution in [-0.4, -0.2) is 34.2 Å². The molecule has 0 spiro atoms. The molecule has 0 aliphatic heterocycles. The van der Waals surface area contributed by atoms with Crippen molar-refractivity contribution in [2.75, 3.05) is 0 Å². The number of carboxylic acids is 1. The van der Waals surface area contributed by atoms with Crippen LogP contribution < -0.4 is 5.32 Å². The normalized spacial score (nSPS) is 15.4. The molecule has 15 heavy (non-hydrogen) atoms. The van der Waals surface area contributed by atoms with Crippen LogP contribution in [0.25, 0.3) is 0 Å². The van der Waals surface area contributed by atoms with Gasteiger partial charge in [-0.05, 0) is 13.8 Å². The first kappa shape index (κ1) is 13.4. The number of hydrogen-bond acceptors (Lipinski definition) is 3. The molecule has 3 N–H and O–H groups in total. The first-order chi connectivity index (χ1) is 6.99. The van der Waals surface area contributed by atoms with Crippen molar-refractivity contribution in [3.63, 3.8) is 0 Å². The number of aliphatic hydroxyl groups excluding tert-OH is 1. The Labute approximate surface area is 88.1 Å². The van der Waals surface area contributed by atoms with Crippen LogP contribution in [0.5, 0.6) is 0 Å². The van der Waals surface area contributed by atoms with Crippen molar-refractivity contribution in [3.05, 3.63) is 24.3 Å². The molecule has 0 bridgehead atoms. The Kier molecular flexibility index (Phi) is 6.05. The van der Waals surface area contributed by atoms with E-state index in [4.69, 9.17) is 10.2 Å². The summed E-state index contributed by atoms with van der Waals surface area (Å²) in [5.74, 6) is -1.82. The van der Waals surface area contributed by atoms with E-state index in [0.717, 1.165) is 0 Å². The molecule has 0 radical (unpaired) electrons. The van der Waals surface area contributed by atoms with Gasteiger partial charge in [0, 0.05) is 6.08 Å². The van der Waals surface area contributed by atoms with E-state index in [-0.39, 0.29) is 0 Å². The first-order valence-corrected chi connectivity index (χ1v) is 4.49. The maximum absolute atomic E-state index is 11.1. The molecular formula is C10H15NO4. The Hall–Kier alpha value is -1.62. The van der Waals surface area contributed by atoms with E-state index >= 15 is 0 Å². The topological polar surface area (TPSA) is 86.6 Å². The number of carbonyl (C=O) groups excluding carboxylic acids is 1. The van der Waals surface area contributed by atoms with Gasteiger partial charge in [-0.25, -0.2) is 4.79 Å². The van der Waals surface area contributed by atoms with Gasteiger partial charge in [0.15, 0.2) is 6.04 Å². The Bertz CT molecular complexity index is 281. The van der Waals surface area contributed by atoms with Crippen LogP contribution >= 0.6 is 0 Å². The fourth-order valence-electron chi connectivity index (χ4n) is 0.844. The van der Waals surface area contributed by atoms with Crippen molar-refractivity contribution < 1.29 is 19.8 Å². The minimum absolute atomic E-state index is 0.554. The fourth-order valence-corrected chi connectivity index (χ4v) is 0.844. The number of hydrogen-bond donors (Lipinski definition) is 3. The molecule has 5 nitrogen and oxygen atoms in total. The summed E-state index contributed by atoms with van der Waals surface area (Å²) in [7, 11) is 0. The summed E-state index contributed by atoms with van der Waals surface area (Å²) in [6, 6.07) is -1.28. The lowest BCUT2D eigenvalue weighted by Crippen LogP contribution is -2.47. The highest BCUT2D eigenvalue weighted by atomic mass is 16.4. The number of amides is 1. The van der Waals surface area contributed by atoms with Crippen LogP contribution in [0.2, 0.25) is 0 Å². The Morgan fingerprint density at radius 2 is 1.93 bits per heavy atom. The Balaban J connectivity index is 4.30.